The van der Waals surface area contributed by atoms with Crippen LogP contribution < -0.4 is 3.58 Å². The second-order valence-corrected chi connectivity index (χ2v) is 18.8. The maximum atomic E-state index is 6.57. The van der Waals surface area contributed by atoms with Crippen molar-refractivity contribution in [2.24, 2.45) is 0 Å². The van der Waals surface area contributed by atoms with Gasteiger partial charge < -0.3 is 0 Å². The third kappa shape index (κ3) is 2.66. The molecule has 1 unspecified atom stereocenters. The molecule has 66 valence electrons. The molecule has 1 aromatic rings. The average molecular weight is 289 g/mol. The predicted molar refractivity (Wildman–Crippen MR) is 58.6 cm³/mol. The molecule has 0 nitrogen and oxygen atoms in total. The van der Waals surface area contributed by atoms with Gasteiger partial charge in [0, 0.05) is 0 Å². The fourth-order valence-corrected chi connectivity index (χ4v) is 9.55. The van der Waals surface area contributed by atoms with Gasteiger partial charge in [-0.25, -0.2) is 0 Å². The minimum atomic E-state index is -2.34. The molecule has 0 radical (unpaired) electrons. The second-order valence-electron chi connectivity index (χ2n) is 3.31. The van der Waals surface area contributed by atoms with Crippen molar-refractivity contribution in [2.45, 2.75) is 22.7 Å². The first kappa shape index (κ1) is 10.4. The van der Waals surface area contributed by atoms with Crippen LogP contribution >= 0.6 is 8.92 Å². The summed E-state index contributed by atoms with van der Waals surface area (Å²) in [6.07, 6.45) is 1.21. The monoisotopic (exact) mass is 290 g/mol. The molecule has 1 aromatic carbocycles. The van der Waals surface area contributed by atoms with Gasteiger partial charge in [0.2, 0.25) is 0 Å². The fraction of sp³-hybridized carbons (Fsp3) is 0.400. The summed E-state index contributed by atoms with van der Waals surface area (Å²) in [5.74, 6) is 0. The van der Waals surface area contributed by atoms with Crippen molar-refractivity contribution in [1.82, 2.24) is 0 Å². The minimum absolute atomic E-state index is 1.21. The Morgan fingerprint density at radius 1 is 1.25 bits per heavy atom. The van der Waals surface area contributed by atoms with Gasteiger partial charge in [-0.3, -0.25) is 0 Å². The van der Waals surface area contributed by atoms with E-state index in [-0.39, 0.29) is 0 Å². The van der Waals surface area contributed by atoms with Crippen molar-refractivity contribution in [3.8, 4) is 0 Å². The zero-order valence-corrected chi connectivity index (χ0v) is 11.3. The van der Waals surface area contributed by atoms with Crippen molar-refractivity contribution in [3.05, 3.63) is 30.3 Å². The van der Waals surface area contributed by atoms with Crippen LogP contribution in [0.15, 0.2) is 30.3 Å². The first-order chi connectivity index (χ1) is 5.67. The van der Waals surface area contributed by atoms with Crippen LogP contribution in [0, 0.1) is 0 Å². The van der Waals surface area contributed by atoms with Gasteiger partial charge in [-0.05, 0) is 0 Å². The topological polar surface area (TPSA) is 0 Å². The normalized spacial score (nSPS) is 15.6. The Kier molecular flexibility index (Phi) is 3.91. The van der Waals surface area contributed by atoms with E-state index in [4.69, 9.17) is 8.92 Å². The molecule has 0 amide bonds. The van der Waals surface area contributed by atoms with Gasteiger partial charge in [-0.1, -0.05) is 0 Å². The van der Waals surface area contributed by atoms with Gasteiger partial charge >= 0.3 is 82.8 Å². The molecule has 0 bridgehead atoms. The maximum absolute atomic E-state index is 6.57. The van der Waals surface area contributed by atoms with Crippen LogP contribution in [-0.4, -0.2) is 17.3 Å². The van der Waals surface area contributed by atoms with Crippen molar-refractivity contribution in [3.63, 3.8) is 0 Å². The standard InChI is InChI=1S/C6H5.C3H7.CH3.ClH.Sn/c1-2-4-6-5-3-1;1-3-2;;;/h1-5H;1,3H2,2H3;1H3;1H;/q;;;;+1/p-1. The summed E-state index contributed by atoms with van der Waals surface area (Å²) in [4.78, 5) is 2.29. The number of rotatable bonds is 3. The molecule has 0 aliphatic carbocycles. The summed E-state index contributed by atoms with van der Waals surface area (Å²) in [5, 5.41) is 0. The van der Waals surface area contributed by atoms with E-state index in [1.54, 1.807) is 0 Å². The number of benzene rings is 1. The van der Waals surface area contributed by atoms with E-state index in [1.165, 1.54) is 14.4 Å². The fourth-order valence-electron chi connectivity index (χ4n) is 1.40. The molecule has 0 spiro atoms. The van der Waals surface area contributed by atoms with E-state index in [1.807, 2.05) is 6.07 Å². The average Bonchev–Trinajstić information content (AvgIpc) is 2.06. The molecule has 0 aliphatic rings. The zero-order chi connectivity index (χ0) is 9.03. The summed E-state index contributed by atoms with van der Waals surface area (Å²) in [6.45, 7) is 2.21. The van der Waals surface area contributed by atoms with Gasteiger partial charge in [-0.15, -0.1) is 0 Å². The Labute approximate surface area is 82.5 Å². The van der Waals surface area contributed by atoms with Crippen LogP contribution in [0.5, 0.6) is 0 Å². The number of hydrogen-bond acceptors (Lipinski definition) is 0. The predicted octanol–water partition coefficient (Wildman–Crippen LogP) is 3.12. The van der Waals surface area contributed by atoms with Crippen LogP contribution in [0.3, 0.4) is 0 Å². The molecular weight excluding hydrogens is 274 g/mol. The van der Waals surface area contributed by atoms with E-state index in [9.17, 15) is 0 Å². The first-order valence-electron chi connectivity index (χ1n) is 4.41. The summed E-state index contributed by atoms with van der Waals surface area (Å²) < 4.78 is 2.66. The molecule has 2 heteroatoms. The Bertz CT molecular complexity index is 231. The molecule has 0 heterocycles. The Balaban J connectivity index is 2.82. The summed E-state index contributed by atoms with van der Waals surface area (Å²) in [5.41, 5.74) is 0. The van der Waals surface area contributed by atoms with Crippen molar-refractivity contribution in [2.75, 3.05) is 0 Å². The molecule has 12 heavy (non-hydrogen) atoms. The molecule has 0 saturated carbocycles. The van der Waals surface area contributed by atoms with E-state index in [2.05, 4.69) is 36.1 Å². The van der Waals surface area contributed by atoms with Crippen LogP contribution in [-0.2, 0) is 0 Å². The SMILES string of the molecule is CC[CH2][Sn]([CH3])([Cl])[c]1ccccc1. The van der Waals surface area contributed by atoms with Gasteiger partial charge in [0.25, 0.3) is 0 Å². The third-order valence-corrected chi connectivity index (χ3v) is 13.3. The second kappa shape index (κ2) is 4.52. The van der Waals surface area contributed by atoms with Crippen molar-refractivity contribution >= 4 is 29.8 Å². The number of halogens is 1. The zero-order valence-electron chi connectivity index (χ0n) is 7.68. The Hall–Kier alpha value is 0.309. The molecule has 1 atom stereocenters. The van der Waals surface area contributed by atoms with E-state index >= 15 is 0 Å². The summed E-state index contributed by atoms with van der Waals surface area (Å²) in [6, 6.07) is 10.6. The quantitative estimate of drug-likeness (QED) is 0.750. The molecule has 0 fully saturated rings. The Morgan fingerprint density at radius 2 is 1.83 bits per heavy atom. The molecule has 0 aromatic heterocycles. The van der Waals surface area contributed by atoms with Crippen LogP contribution in [0.25, 0.3) is 0 Å². The summed E-state index contributed by atoms with van der Waals surface area (Å²) >= 11 is -2.34. The van der Waals surface area contributed by atoms with Gasteiger partial charge in [0.1, 0.15) is 0 Å². The van der Waals surface area contributed by atoms with E-state index in [0.717, 1.165) is 0 Å². The molecule has 0 N–H and O–H groups in total. The molecule has 0 saturated heterocycles. The molecule has 1 rings (SSSR count). The van der Waals surface area contributed by atoms with Crippen molar-refractivity contribution < 1.29 is 0 Å². The summed E-state index contributed by atoms with van der Waals surface area (Å²) in [7, 11) is 6.57. The van der Waals surface area contributed by atoms with Crippen LogP contribution in [0.4, 0.5) is 0 Å². The molecular formula is C10H15ClSn. The number of hydrogen-bond donors (Lipinski definition) is 0. The molecule has 0 aliphatic heterocycles. The van der Waals surface area contributed by atoms with Crippen LogP contribution in [0.2, 0.25) is 9.38 Å². The van der Waals surface area contributed by atoms with Crippen LogP contribution in [0.1, 0.15) is 13.3 Å². The Morgan fingerprint density at radius 3 is 2.33 bits per heavy atom. The van der Waals surface area contributed by atoms with Crippen molar-refractivity contribution in [1.29, 1.82) is 0 Å². The van der Waals surface area contributed by atoms with E-state index < -0.39 is 17.3 Å². The van der Waals surface area contributed by atoms with Gasteiger partial charge in [0.05, 0.1) is 0 Å². The van der Waals surface area contributed by atoms with Gasteiger partial charge in [0.15, 0.2) is 0 Å². The third-order valence-electron chi connectivity index (χ3n) is 2.10. The van der Waals surface area contributed by atoms with E-state index in [0.29, 0.717) is 0 Å². The van der Waals surface area contributed by atoms with Gasteiger partial charge in [-0.2, -0.15) is 0 Å². The first-order valence-corrected chi connectivity index (χ1v) is 14.3.